The Balaban J connectivity index is 1.85. The van der Waals surface area contributed by atoms with Crippen LogP contribution >= 0.6 is 0 Å². The quantitative estimate of drug-likeness (QED) is 0.567. The van der Waals surface area contributed by atoms with Crippen LogP contribution in [-0.4, -0.2) is 47.2 Å². The van der Waals surface area contributed by atoms with Crippen LogP contribution in [0.15, 0.2) is 54.6 Å². The molecule has 1 aliphatic heterocycles. The minimum Gasteiger partial charge on any atom is -0.480 e. The number of fused-ring (bicyclic) bond motifs is 1. The van der Waals surface area contributed by atoms with Crippen LogP contribution in [0.5, 0.6) is 0 Å². The van der Waals surface area contributed by atoms with Gasteiger partial charge < -0.3 is 9.84 Å². The molecule has 0 spiro atoms. The molecule has 0 saturated heterocycles. The molecule has 0 aliphatic carbocycles. The van der Waals surface area contributed by atoms with Crippen LogP contribution in [-0.2, 0) is 32.0 Å². The maximum Gasteiger partial charge on any atom is 0.320 e. The predicted octanol–water partition coefficient (Wildman–Crippen LogP) is 3.35. The summed E-state index contributed by atoms with van der Waals surface area (Å²) in [6, 6.07) is 15.4. The van der Waals surface area contributed by atoms with E-state index in [1.165, 1.54) is 4.90 Å². The minimum absolute atomic E-state index is 0.339. The number of aryl methyl sites for hydroxylation is 2. The van der Waals surface area contributed by atoms with Crippen LogP contribution in [0.4, 0.5) is 5.69 Å². The zero-order valence-corrected chi connectivity index (χ0v) is 19.4. The van der Waals surface area contributed by atoms with Crippen LogP contribution in [0.1, 0.15) is 44.7 Å². The molecule has 3 unspecified atom stereocenters. The molecule has 33 heavy (non-hydrogen) atoms. The smallest absolute Gasteiger partial charge is 0.320 e. The Morgan fingerprint density at radius 2 is 1.85 bits per heavy atom. The molecule has 7 heteroatoms. The maximum atomic E-state index is 13.7. The molecule has 1 heterocycles. The number of benzene rings is 2. The Hall–Kier alpha value is -3.03. The Kier molecular flexibility index (Phi) is 8.00. The number of para-hydroxylation sites is 1. The predicted molar refractivity (Wildman–Crippen MR) is 126 cm³/mol. The summed E-state index contributed by atoms with van der Waals surface area (Å²) < 4.78 is 5.91. The lowest BCUT2D eigenvalue weighted by Gasteiger charge is -2.35. The number of nitrogens with one attached hydrogen (secondary N) is 1. The molecule has 0 bridgehead atoms. The van der Waals surface area contributed by atoms with Crippen LogP contribution in [0.2, 0.25) is 0 Å². The molecular formula is C26H32N2O5. The van der Waals surface area contributed by atoms with Gasteiger partial charge in [-0.3, -0.25) is 24.6 Å². The first-order chi connectivity index (χ1) is 15.7. The standard InChI is InChI=1S/C26H32N2O5/c1-26(2,3)33-23(17-29)28-22-12-8-7-11-19(22)14-16-20(24(28)30)27-21(25(31)32)15-13-18-9-5-4-6-10-18/h4-12,17,20-21,23,27H,13-16H2,1-3H3,(H,31,32). The van der Waals surface area contributed by atoms with Gasteiger partial charge in [-0.2, -0.15) is 0 Å². The monoisotopic (exact) mass is 452 g/mol. The van der Waals surface area contributed by atoms with Crippen LogP contribution in [0.25, 0.3) is 0 Å². The van der Waals surface area contributed by atoms with Gasteiger partial charge >= 0.3 is 5.97 Å². The van der Waals surface area contributed by atoms with Crippen molar-refractivity contribution in [3.63, 3.8) is 0 Å². The number of carboxylic acids is 1. The molecule has 2 N–H and O–H groups in total. The topological polar surface area (TPSA) is 95.9 Å². The van der Waals surface area contributed by atoms with Crippen molar-refractivity contribution in [3.8, 4) is 0 Å². The van der Waals surface area contributed by atoms with E-state index < -0.39 is 29.9 Å². The largest absolute Gasteiger partial charge is 0.480 e. The van der Waals surface area contributed by atoms with Crippen LogP contribution < -0.4 is 10.2 Å². The van der Waals surface area contributed by atoms with Crippen LogP contribution in [0.3, 0.4) is 0 Å². The Labute approximate surface area is 194 Å². The Morgan fingerprint density at radius 3 is 2.48 bits per heavy atom. The van der Waals surface area contributed by atoms with E-state index >= 15 is 0 Å². The van der Waals surface area contributed by atoms with Crippen molar-refractivity contribution in [2.75, 3.05) is 4.90 Å². The van der Waals surface area contributed by atoms with Crippen molar-refractivity contribution in [3.05, 3.63) is 65.7 Å². The Bertz CT molecular complexity index is 970. The summed E-state index contributed by atoms with van der Waals surface area (Å²) in [6.45, 7) is 5.45. The third-order valence-electron chi connectivity index (χ3n) is 5.60. The molecule has 0 radical (unpaired) electrons. The van der Waals surface area contributed by atoms with Gasteiger partial charge in [0.05, 0.1) is 11.6 Å². The van der Waals surface area contributed by atoms with Gasteiger partial charge in [0.25, 0.3) is 0 Å². The summed E-state index contributed by atoms with van der Waals surface area (Å²) in [7, 11) is 0. The van der Waals surface area contributed by atoms with Gasteiger partial charge in [-0.05, 0) is 63.6 Å². The molecule has 176 valence electrons. The molecule has 3 rings (SSSR count). The highest BCUT2D eigenvalue weighted by molar-refractivity contribution is 6.01. The summed E-state index contributed by atoms with van der Waals surface area (Å²) >= 11 is 0. The fourth-order valence-electron chi connectivity index (χ4n) is 4.06. The molecule has 2 aromatic carbocycles. The zero-order valence-electron chi connectivity index (χ0n) is 19.4. The number of nitrogens with zero attached hydrogens (tertiary/aromatic N) is 1. The first-order valence-electron chi connectivity index (χ1n) is 11.3. The fraction of sp³-hybridized carbons (Fsp3) is 0.423. The second-order valence-corrected chi connectivity index (χ2v) is 9.27. The summed E-state index contributed by atoms with van der Waals surface area (Å²) in [4.78, 5) is 39.0. The first kappa shape index (κ1) is 24.6. The number of aldehydes is 1. The minimum atomic E-state index is -1.12. The molecule has 1 aliphatic rings. The van der Waals surface area contributed by atoms with Crippen LogP contribution in [0, 0.1) is 0 Å². The van der Waals surface area contributed by atoms with Crippen molar-refractivity contribution < 1.29 is 24.2 Å². The van der Waals surface area contributed by atoms with E-state index in [1.807, 2.05) is 69.3 Å². The lowest BCUT2D eigenvalue weighted by Crippen LogP contribution is -2.56. The molecule has 0 fully saturated rings. The number of carbonyl (C=O) groups is 3. The number of amides is 1. The van der Waals surface area contributed by atoms with Gasteiger partial charge in [-0.15, -0.1) is 0 Å². The second-order valence-electron chi connectivity index (χ2n) is 9.27. The summed E-state index contributed by atoms with van der Waals surface area (Å²) in [5.74, 6) is -1.38. The molecular weight excluding hydrogens is 420 g/mol. The SMILES string of the molecule is CC(C)(C)OC(C=O)N1C(=O)C(NC(CCc2ccccc2)C(=O)O)CCc2ccccc21. The molecule has 2 aromatic rings. The van der Waals surface area contributed by atoms with E-state index in [9.17, 15) is 19.5 Å². The normalized spacial score (nSPS) is 18.2. The number of carbonyl (C=O) groups excluding carboxylic acids is 2. The summed E-state index contributed by atoms with van der Waals surface area (Å²) in [5, 5.41) is 12.9. The molecule has 7 nitrogen and oxygen atoms in total. The lowest BCUT2D eigenvalue weighted by atomic mass is 10.0. The average molecular weight is 453 g/mol. The number of carboxylic acid groups (broad SMARTS) is 1. The fourth-order valence-corrected chi connectivity index (χ4v) is 4.06. The van der Waals surface area contributed by atoms with E-state index in [0.29, 0.717) is 37.7 Å². The number of anilines is 1. The number of hydrogen-bond acceptors (Lipinski definition) is 5. The van der Waals surface area contributed by atoms with Gasteiger partial charge in [0.15, 0.2) is 12.5 Å². The van der Waals surface area contributed by atoms with Gasteiger partial charge in [0.1, 0.15) is 6.04 Å². The van der Waals surface area contributed by atoms with Crippen molar-refractivity contribution in [1.29, 1.82) is 0 Å². The third kappa shape index (κ3) is 6.49. The zero-order chi connectivity index (χ0) is 24.0. The summed E-state index contributed by atoms with van der Waals surface area (Å²) in [6.07, 6.45) is 1.40. The van der Waals surface area contributed by atoms with Gasteiger partial charge in [-0.25, -0.2) is 0 Å². The Morgan fingerprint density at radius 1 is 1.18 bits per heavy atom. The summed E-state index contributed by atoms with van der Waals surface area (Å²) in [5.41, 5.74) is 1.90. The molecule has 0 saturated carbocycles. The van der Waals surface area contributed by atoms with Crippen molar-refractivity contribution in [2.24, 2.45) is 0 Å². The van der Waals surface area contributed by atoms with E-state index in [2.05, 4.69) is 5.32 Å². The average Bonchev–Trinajstić information content (AvgIpc) is 2.91. The molecule has 3 atom stereocenters. The highest BCUT2D eigenvalue weighted by atomic mass is 16.5. The van der Waals surface area contributed by atoms with Crippen molar-refractivity contribution in [2.45, 2.75) is 70.4 Å². The third-order valence-corrected chi connectivity index (χ3v) is 5.60. The van der Waals surface area contributed by atoms with E-state index in [1.54, 1.807) is 6.07 Å². The molecule has 1 amide bonds. The lowest BCUT2D eigenvalue weighted by molar-refractivity contribution is -0.140. The maximum absolute atomic E-state index is 13.7. The van der Waals surface area contributed by atoms with Crippen molar-refractivity contribution >= 4 is 23.9 Å². The van der Waals surface area contributed by atoms with Gasteiger partial charge in [-0.1, -0.05) is 48.5 Å². The molecule has 0 aromatic heterocycles. The number of aliphatic carboxylic acids is 1. The van der Waals surface area contributed by atoms with Gasteiger partial charge in [0.2, 0.25) is 5.91 Å². The van der Waals surface area contributed by atoms with E-state index in [4.69, 9.17) is 4.74 Å². The van der Waals surface area contributed by atoms with Crippen molar-refractivity contribution in [1.82, 2.24) is 5.32 Å². The highest BCUT2D eigenvalue weighted by Gasteiger charge is 2.38. The number of rotatable bonds is 9. The first-order valence-corrected chi connectivity index (χ1v) is 11.3. The number of ether oxygens (including phenoxy) is 1. The van der Waals surface area contributed by atoms with E-state index in [0.717, 1.165) is 11.1 Å². The van der Waals surface area contributed by atoms with E-state index in [-0.39, 0.29) is 5.91 Å². The number of hydrogen-bond donors (Lipinski definition) is 2. The second kappa shape index (κ2) is 10.7. The highest BCUT2D eigenvalue weighted by Crippen LogP contribution is 2.30. The van der Waals surface area contributed by atoms with Gasteiger partial charge in [0, 0.05) is 5.69 Å².